The summed E-state index contributed by atoms with van der Waals surface area (Å²) in [6.07, 6.45) is -4.71. The minimum absolute atomic E-state index is 0.549. The molecule has 0 bridgehead atoms. The molecule has 0 heterocycles. The summed E-state index contributed by atoms with van der Waals surface area (Å²) in [5, 5.41) is 8.05. The van der Waals surface area contributed by atoms with Gasteiger partial charge in [-0.1, -0.05) is 6.08 Å². The smallest absolute Gasteiger partial charge is 0.416 e. The zero-order valence-corrected chi connectivity index (χ0v) is 6.75. The summed E-state index contributed by atoms with van der Waals surface area (Å²) in [5.41, 5.74) is -1.01. The minimum Gasteiger partial charge on any atom is -0.416 e. The second-order valence-corrected chi connectivity index (χ2v) is 2.60. The van der Waals surface area contributed by atoms with E-state index in [0.29, 0.717) is 18.2 Å². The minimum atomic E-state index is -4.55. The van der Waals surface area contributed by atoms with E-state index in [2.05, 4.69) is 4.74 Å². The molecule has 0 aromatic heterocycles. The molecular formula is C8H5F4NO. The molecule has 2 atom stereocenters. The molecule has 76 valence electrons. The van der Waals surface area contributed by atoms with Crippen molar-refractivity contribution in [3.8, 4) is 6.26 Å². The lowest BCUT2D eigenvalue weighted by atomic mass is 10.0. The summed E-state index contributed by atoms with van der Waals surface area (Å²) < 4.78 is 53.2. The molecule has 0 saturated heterocycles. The normalized spacial score (nSPS) is 26.6. The molecule has 2 unspecified atom stereocenters. The fourth-order valence-corrected chi connectivity index (χ4v) is 0.978. The van der Waals surface area contributed by atoms with Gasteiger partial charge < -0.3 is 4.74 Å². The van der Waals surface area contributed by atoms with Crippen LogP contribution in [-0.4, -0.2) is 18.5 Å². The summed E-state index contributed by atoms with van der Waals surface area (Å²) in [6.45, 7) is 0. The highest BCUT2D eigenvalue weighted by Crippen LogP contribution is 2.30. The number of ether oxygens (including phenoxy) is 1. The van der Waals surface area contributed by atoms with Crippen molar-refractivity contribution in [2.24, 2.45) is 0 Å². The molecule has 0 spiro atoms. The summed E-state index contributed by atoms with van der Waals surface area (Å²) in [6, 6.07) is 0. The van der Waals surface area contributed by atoms with Gasteiger partial charge in [-0.25, -0.2) is 4.39 Å². The van der Waals surface area contributed by atoms with Gasteiger partial charge in [0.15, 0.2) is 12.3 Å². The van der Waals surface area contributed by atoms with Gasteiger partial charge in [-0.3, -0.25) is 0 Å². The summed E-state index contributed by atoms with van der Waals surface area (Å²) in [5.74, 6) is 0. The Kier molecular flexibility index (Phi) is 2.79. The van der Waals surface area contributed by atoms with Crippen LogP contribution in [0.25, 0.3) is 0 Å². The second-order valence-electron chi connectivity index (χ2n) is 2.60. The third kappa shape index (κ3) is 2.25. The maximum absolute atomic E-state index is 12.8. The number of hydrogen-bond acceptors (Lipinski definition) is 2. The first kappa shape index (κ1) is 10.6. The maximum atomic E-state index is 12.8. The highest BCUT2D eigenvalue weighted by Gasteiger charge is 2.36. The molecule has 2 nitrogen and oxygen atoms in total. The van der Waals surface area contributed by atoms with Gasteiger partial charge >= 0.3 is 6.18 Å². The largest absolute Gasteiger partial charge is 0.416 e. The lowest BCUT2D eigenvalue weighted by Gasteiger charge is -2.18. The number of alkyl halides is 4. The molecule has 6 heteroatoms. The van der Waals surface area contributed by atoms with Crippen LogP contribution in [0.3, 0.4) is 0 Å². The molecule has 0 aromatic carbocycles. The van der Waals surface area contributed by atoms with Crippen LogP contribution in [0.15, 0.2) is 23.8 Å². The Hall–Kier alpha value is -1.51. The number of nitrogens with zero attached hydrogens (tertiary/aromatic N) is 1. The first-order valence-corrected chi connectivity index (χ1v) is 3.61. The van der Waals surface area contributed by atoms with Crippen molar-refractivity contribution in [1.82, 2.24) is 0 Å². The van der Waals surface area contributed by atoms with E-state index < -0.39 is 24.0 Å². The van der Waals surface area contributed by atoms with Crippen molar-refractivity contribution in [2.75, 3.05) is 0 Å². The van der Waals surface area contributed by atoms with Gasteiger partial charge in [0, 0.05) is 0 Å². The van der Waals surface area contributed by atoms with E-state index >= 15 is 0 Å². The van der Waals surface area contributed by atoms with Gasteiger partial charge in [0.25, 0.3) is 6.26 Å². The summed E-state index contributed by atoms with van der Waals surface area (Å²) >= 11 is 0. The highest BCUT2D eigenvalue weighted by molar-refractivity contribution is 5.31. The van der Waals surface area contributed by atoms with Crippen LogP contribution in [0.4, 0.5) is 17.6 Å². The Morgan fingerprint density at radius 2 is 2.07 bits per heavy atom. The molecular weight excluding hydrogens is 202 g/mol. The Bertz CT molecular complexity index is 312. The Morgan fingerprint density at radius 3 is 2.57 bits per heavy atom. The van der Waals surface area contributed by atoms with Crippen molar-refractivity contribution in [1.29, 1.82) is 5.26 Å². The highest BCUT2D eigenvalue weighted by atomic mass is 19.4. The molecule has 0 fully saturated rings. The monoisotopic (exact) mass is 207 g/mol. The van der Waals surface area contributed by atoms with E-state index in [1.54, 1.807) is 0 Å². The van der Waals surface area contributed by atoms with E-state index in [-0.39, 0.29) is 0 Å². The molecule has 0 aromatic rings. The van der Waals surface area contributed by atoms with Crippen LogP contribution in [0, 0.1) is 11.5 Å². The van der Waals surface area contributed by atoms with Crippen molar-refractivity contribution < 1.29 is 22.3 Å². The van der Waals surface area contributed by atoms with Gasteiger partial charge in [-0.05, 0) is 12.2 Å². The van der Waals surface area contributed by atoms with Gasteiger partial charge in [-0.15, -0.1) is 0 Å². The lowest BCUT2D eigenvalue weighted by Crippen LogP contribution is -2.26. The van der Waals surface area contributed by atoms with Gasteiger partial charge in [-0.2, -0.15) is 18.4 Å². The fourth-order valence-electron chi connectivity index (χ4n) is 0.978. The number of allylic oxidation sites excluding steroid dienone is 2. The first-order chi connectivity index (χ1) is 6.45. The summed E-state index contributed by atoms with van der Waals surface area (Å²) in [4.78, 5) is 0. The van der Waals surface area contributed by atoms with Gasteiger partial charge in [0.1, 0.15) is 0 Å². The average molecular weight is 207 g/mol. The number of halogens is 4. The number of rotatable bonds is 1. The Morgan fingerprint density at radius 1 is 1.43 bits per heavy atom. The van der Waals surface area contributed by atoms with Crippen LogP contribution >= 0.6 is 0 Å². The van der Waals surface area contributed by atoms with Crippen LogP contribution in [0.5, 0.6) is 0 Å². The average Bonchev–Trinajstić information content (AvgIpc) is 2.07. The molecule has 14 heavy (non-hydrogen) atoms. The van der Waals surface area contributed by atoms with Crippen LogP contribution in [0.2, 0.25) is 0 Å². The first-order valence-electron chi connectivity index (χ1n) is 3.61. The number of hydrogen-bond donors (Lipinski definition) is 0. The molecule has 1 aliphatic rings. The third-order valence-electron chi connectivity index (χ3n) is 1.63. The fraction of sp³-hybridized carbons (Fsp3) is 0.375. The molecule has 0 N–H and O–H groups in total. The third-order valence-corrected chi connectivity index (χ3v) is 1.63. The molecule has 1 aliphatic carbocycles. The van der Waals surface area contributed by atoms with Crippen molar-refractivity contribution in [3.05, 3.63) is 23.8 Å². The lowest BCUT2D eigenvalue weighted by molar-refractivity contribution is -0.0897. The van der Waals surface area contributed by atoms with Crippen LogP contribution in [-0.2, 0) is 4.74 Å². The zero-order valence-electron chi connectivity index (χ0n) is 6.75. The van der Waals surface area contributed by atoms with Gasteiger partial charge in [0.05, 0.1) is 5.57 Å². The quantitative estimate of drug-likeness (QED) is 0.488. The topological polar surface area (TPSA) is 33.0 Å². The van der Waals surface area contributed by atoms with Crippen molar-refractivity contribution in [3.63, 3.8) is 0 Å². The Balaban J connectivity index is 2.86. The molecule has 1 rings (SSSR count). The second kappa shape index (κ2) is 3.70. The number of nitriles is 1. The summed E-state index contributed by atoms with van der Waals surface area (Å²) in [7, 11) is 0. The maximum Gasteiger partial charge on any atom is 0.416 e. The van der Waals surface area contributed by atoms with E-state index in [1.165, 1.54) is 0 Å². The predicted molar refractivity (Wildman–Crippen MR) is 38.7 cm³/mol. The molecule has 0 aliphatic heterocycles. The van der Waals surface area contributed by atoms with E-state index in [9.17, 15) is 17.6 Å². The van der Waals surface area contributed by atoms with E-state index in [4.69, 9.17) is 5.26 Å². The van der Waals surface area contributed by atoms with Gasteiger partial charge in [0.2, 0.25) is 0 Å². The van der Waals surface area contributed by atoms with Crippen LogP contribution in [0.1, 0.15) is 0 Å². The molecule has 0 amide bonds. The van der Waals surface area contributed by atoms with Crippen molar-refractivity contribution >= 4 is 0 Å². The predicted octanol–water partition coefficient (Wildman–Crippen LogP) is 2.25. The zero-order chi connectivity index (χ0) is 10.8. The molecule has 0 saturated carbocycles. The standard InChI is InChI=1S/C8H5F4NO/c9-6-2-1-5(8(10,11)12)3-7(6)14-4-13/h1-3,6-7H. The Labute approximate surface area is 77.1 Å². The molecule has 0 radical (unpaired) electrons. The van der Waals surface area contributed by atoms with Crippen molar-refractivity contribution in [2.45, 2.75) is 18.5 Å². The SMILES string of the molecule is N#COC1C=C(C(F)(F)F)C=CC1F. The van der Waals surface area contributed by atoms with Crippen LogP contribution < -0.4 is 0 Å². The van der Waals surface area contributed by atoms with E-state index in [0.717, 1.165) is 6.26 Å². The van der Waals surface area contributed by atoms with E-state index in [1.807, 2.05) is 0 Å².